The van der Waals surface area contributed by atoms with E-state index in [1.165, 1.54) is 26.3 Å². The van der Waals surface area contributed by atoms with Crippen molar-refractivity contribution in [2.24, 2.45) is 5.92 Å². The Labute approximate surface area is 185 Å². The first-order chi connectivity index (χ1) is 14.6. The van der Waals surface area contributed by atoms with E-state index in [4.69, 9.17) is 0 Å². The average Bonchev–Trinajstić information content (AvgIpc) is 3.20. The summed E-state index contributed by atoms with van der Waals surface area (Å²) < 4.78 is 29.7. The molecule has 170 valence electrons. The zero-order chi connectivity index (χ0) is 22.8. The van der Waals surface area contributed by atoms with Gasteiger partial charge in [-0.15, -0.1) is 0 Å². The molecule has 1 saturated heterocycles. The first kappa shape index (κ1) is 23.3. The van der Waals surface area contributed by atoms with Crippen molar-refractivity contribution in [2.45, 2.75) is 46.2 Å². The van der Waals surface area contributed by atoms with Gasteiger partial charge in [0, 0.05) is 51.2 Å². The van der Waals surface area contributed by atoms with Gasteiger partial charge in [-0.05, 0) is 43.9 Å². The van der Waals surface area contributed by atoms with Crippen molar-refractivity contribution in [3.63, 3.8) is 0 Å². The summed E-state index contributed by atoms with van der Waals surface area (Å²) in [7, 11) is -3.88. The smallest absolute Gasteiger partial charge is 0.263 e. The number of rotatable bonds is 7. The number of benzene rings is 1. The molecule has 3 rings (SSSR count). The summed E-state index contributed by atoms with van der Waals surface area (Å²) in [5.74, 6) is -0.135. The molecule has 1 aliphatic heterocycles. The van der Waals surface area contributed by atoms with Crippen LogP contribution in [-0.2, 0) is 16.6 Å². The lowest BCUT2D eigenvalue weighted by molar-refractivity contribution is 0.0945. The lowest BCUT2D eigenvalue weighted by Gasteiger charge is -2.36. The average molecular weight is 448 g/mol. The number of nitrogens with one attached hydrogen (secondary N) is 1. The van der Waals surface area contributed by atoms with Crippen molar-refractivity contribution in [1.29, 1.82) is 0 Å². The van der Waals surface area contributed by atoms with E-state index < -0.39 is 15.9 Å². The molecule has 31 heavy (non-hydrogen) atoms. The fraction of sp³-hybridized carbons (Fsp3) is 0.545. The van der Waals surface area contributed by atoms with Crippen molar-refractivity contribution in [1.82, 2.24) is 19.4 Å². The summed E-state index contributed by atoms with van der Waals surface area (Å²) in [6.07, 6.45) is 1.52. The Morgan fingerprint density at radius 2 is 1.84 bits per heavy atom. The van der Waals surface area contributed by atoms with Crippen LogP contribution >= 0.6 is 0 Å². The summed E-state index contributed by atoms with van der Waals surface area (Å²) in [6, 6.07) is 6.18. The molecule has 1 aliphatic rings. The summed E-state index contributed by atoms with van der Waals surface area (Å²) in [5.41, 5.74) is 3.68. The van der Waals surface area contributed by atoms with E-state index in [2.05, 4.69) is 41.3 Å². The largest absolute Gasteiger partial charge is 0.369 e. The van der Waals surface area contributed by atoms with Gasteiger partial charge in [0.2, 0.25) is 5.03 Å². The van der Waals surface area contributed by atoms with Crippen LogP contribution in [0.15, 0.2) is 29.4 Å². The first-order valence-corrected chi connectivity index (χ1v) is 12.3. The van der Waals surface area contributed by atoms with Crippen molar-refractivity contribution >= 4 is 21.6 Å². The Balaban J connectivity index is 1.80. The predicted molar refractivity (Wildman–Crippen MR) is 122 cm³/mol. The number of amides is 1. The molecule has 0 spiro atoms. The minimum Gasteiger partial charge on any atom is -0.369 e. The lowest BCUT2D eigenvalue weighted by atomic mass is 10.1. The maximum Gasteiger partial charge on any atom is 0.263 e. The molecule has 1 aromatic heterocycles. The minimum atomic E-state index is -3.88. The molecule has 2 heterocycles. The Morgan fingerprint density at radius 3 is 2.45 bits per heavy atom. The van der Waals surface area contributed by atoms with E-state index >= 15 is 0 Å². The summed E-state index contributed by atoms with van der Waals surface area (Å²) in [5, 5.41) is 6.89. The fourth-order valence-electron chi connectivity index (χ4n) is 3.67. The minimum absolute atomic E-state index is 0.111. The number of sulfonamides is 1. The van der Waals surface area contributed by atoms with Gasteiger partial charge in [0.05, 0.1) is 5.56 Å². The van der Waals surface area contributed by atoms with Crippen LogP contribution in [0.2, 0.25) is 0 Å². The number of carbonyl (C=O) groups excluding carboxylic acids is 1. The van der Waals surface area contributed by atoms with Gasteiger partial charge in [-0.3, -0.25) is 9.48 Å². The van der Waals surface area contributed by atoms with E-state index in [1.54, 1.807) is 0 Å². The van der Waals surface area contributed by atoms with E-state index in [0.717, 1.165) is 5.69 Å². The molecule has 9 heteroatoms. The van der Waals surface area contributed by atoms with Crippen molar-refractivity contribution in [2.75, 3.05) is 37.6 Å². The molecule has 0 saturated carbocycles. The Bertz CT molecular complexity index is 1040. The predicted octanol–water partition coefficient (Wildman–Crippen LogP) is 2.42. The standard InChI is InChI=1S/C22H33N5O3S/c1-6-26-15-19(21(28)23-14-16(2)3)22(24-26)31(29,30)27-12-10-25(11-13-27)20-9-7-8-17(4)18(20)5/h7-9,15-16H,6,10-14H2,1-5H3,(H,23,28). The van der Waals surface area contributed by atoms with Gasteiger partial charge in [-0.25, -0.2) is 8.42 Å². The fourth-order valence-corrected chi connectivity index (χ4v) is 5.19. The normalized spacial score (nSPS) is 15.5. The van der Waals surface area contributed by atoms with Crippen molar-refractivity contribution in [3.8, 4) is 0 Å². The maximum absolute atomic E-state index is 13.4. The Morgan fingerprint density at radius 1 is 1.16 bits per heavy atom. The van der Waals surface area contributed by atoms with E-state index in [-0.39, 0.29) is 16.5 Å². The number of hydrogen-bond acceptors (Lipinski definition) is 5. The third-order valence-corrected chi connectivity index (χ3v) is 7.54. The number of nitrogens with zero attached hydrogens (tertiary/aromatic N) is 4. The highest BCUT2D eigenvalue weighted by molar-refractivity contribution is 7.89. The SMILES string of the molecule is CCn1cc(C(=O)NCC(C)C)c(S(=O)(=O)N2CCN(c3cccc(C)c3C)CC2)n1. The Kier molecular flexibility index (Phi) is 7.06. The zero-order valence-corrected chi connectivity index (χ0v) is 19.9. The molecule has 2 aromatic rings. The molecule has 0 atom stereocenters. The molecule has 1 N–H and O–H groups in total. The van der Waals surface area contributed by atoms with Crippen LogP contribution in [0, 0.1) is 19.8 Å². The highest BCUT2D eigenvalue weighted by atomic mass is 32.2. The molecule has 0 radical (unpaired) electrons. The highest BCUT2D eigenvalue weighted by Crippen LogP contribution is 2.26. The van der Waals surface area contributed by atoms with Gasteiger partial charge in [0.15, 0.2) is 0 Å². The number of anilines is 1. The molecule has 1 aromatic carbocycles. The van der Waals surface area contributed by atoms with Crippen LogP contribution in [0.1, 0.15) is 42.3 Å². The van der Waals surface area contributed by atoms with Gasteiger partial charge >= 0.3 is 0 Å². The zero-order valence-electron chi connectivity index (χ0n) is 19.1. The van der Waals surface area contributed by atoms with Crippen molar-refractivity contribution in [3.05, 3.63) is 41.1 Å². The van der Waals surface area contributed by atoms with E-state index in [0.29, 0.717) is 39.3 Å². The van der Waals surface area contributed by atoms with Crippen LogP contribution < -0.4 is 10.2 Å². The number of hydrogen-bond donors (Lipinski definition) is 1. The third kappa shape index (κ3) is 4.93. The second kappa shape index (κ2) is 9.40. The quantitative estimate of drug-likeness (QED) is 0.704. The molecule has 0 bridgehead atoms. The summed E-state index contributed by atoms with van der Waals surface area (Å²) in [4.78, 5) is 14.9. The van der Waals surface area contributed by atoms with Gasteiger partial charge in [-0.2, -0.15) is 9.40 Å². The highest BCUT2D eigenvalue weighted by Gasteiger charge is 2.35. The van der Waals surface area contributed by atoms with Crippen LogP contribution in [0.3, 0.4) is 0 Å². The summed E-state index contributed by atoms with van der Waals surface area (Å²) in [6.45, 7) is 12.9. The monoisotopic (exact) mass is 447 g/mol. The van der Waals surface area contributed by atoms with Gasteiger partial charge in [0.25, 0.3) is 15.9 Å². The van der Waals surface area contributed by atoms with Crippen LogP contribution in [-0.4, -0.2) is 61.1 Å². The van der Waals surface area contributed by atoms with Gasteiger partial charge in [0.1, 0.15) is 0 Å². The van der Waals surface area contributed by atoms with Gasteiger partial charge in [-0.1, -0.05) is 26.0 Å². The van der Waals surface area contributed by atoms with Crippen molar-refractivity contribution < 1.29 is 13.2 Å². The number of carbonyl (C=O) groups is 1. The molecular formula is C22H33N5O3S. The van der Waals surface area contributed by atoms with E-state index in [9.17, 15) is 13.2 Å². The number of aromatic nitrogens is 2. The van der Waals surface area contributed by atoms with Crippen LogP contribution in [0.25, 0.3) is 0 Å². The lowest BCUT2D eigenvalue weighted by Crippen LogP contribution is -2.49. The topological polar surface area (TPSA) is 87.5 Å². The second-order valence-corrected chi connectivity index (χ2v) is 10.3. The molecule has 1 fully saturated rings. The van der Waals surface area contributed by atoms with E-state index in [1.807, 2.05) is 26.8 Å². The van der Waals surface area contributed by atoms with Gasteiger partial charge < -0.3 is 10.2 Å². The molecule has 8 nitrogen and oxygen atoms in total. The van der Waals surface area contributed by atoms with Crippen LogP contribution in [0.5, 0.6) is 0 Å². The number of piperazine rings is 1. The van der Waals surface area contributed by atoms with Crippen LogP contribution in [0.4, 0.5) is 5.69 Å². The molecule has 0 unspecified atom stereocenters. The third-order valence-electron chi connectivity index (χ3n) is 5.71. The molecule has 0 aliphatic carbocycles. The molecular weight excluding hydrogens is 414 g/mol. The maximum atomic E-state index is 13.4. The summed E-state index contributed by atoms with van der Waals surface area (Å²) >= 11 is 0. The Hall–Kier alpha value is -2.39. The second-order valence-electron chi connectivity index (χ2n) is 8.42. The molecule has 1 amide bonds. The first-order valence-electron chi connectivity index (χ1n) is 10.8. The number of aryl methyl sites for hydroxylation is 2.